The number of piperazine rings is 1. The van der Waals surface area contributed by atoms with Crippen molar-refractivity contribution in [2.24, 2.45) is 0 Å². The van der Waals surface area contributed by atoms with Crippen LogP contribution in [0.2, 0.25) is 0 Å². The van der Waals surface area contributed by atoms with Crippen LogP contribution >= 0.6 is 11.8 Å². The molecule has 1 saturated heterocycles. The van der Waals surface area contributed by atoms with Gasteiger partial charge in [-0.25, -0.2) is 9.97 Å². The Morgan fingerprint density at radius 2 is 1.80 bits per heavy atom. The third-order valence-electron chi connectivity index (χ3n) is 5.83. The quantitative estimate of drug-likeness (QED) is 0.393. The second kappa shape index (κ2) is 10.7. The Bertz CT molecular complexity index is 1190. The summed E-state index contributed by atoms with van der Waals surface area (Å²) >= 11 is 1.39. The molecule has 0 aliphatic carbocycles. The van der Waals surface area contributed by atoms with E-state index in [4.69, 9.17) is 14.2 Å². The average Bonchev–Trinajstić information content (AvgIpc) is 2.92. The molecular weight excluding hydrogens is 466 g/mol. The predicted octanol–water partition coefficient (Wildman–Crippen LogP) is 3.31. The molecule has 0 saturated carbocycles. The van der Waals surface area contributed by atoms with E-state index in [1.807, 2.05) is 30.3 Å². The first-order chi connectivity index (χ1) is 17.2. The molecule has 3 heterocycles. The highest BCUT2D eigenvalue weighted by Crippen LogP contribution is 2.32. The molecule has 0 radical (unpaired) electrons. The van der Waals surface area contributed by atoms with Gasteiger partial charge in [-0.15, -0.1) is 0 Å². The summed E-state index contributed by atoms with van der Waals surface area (Å²) in [6, 6.07) is 15.5. The van der Waals surface area contributed by atoms with E-state index in [9.17, 15) is 4.79 Å². The zero-order chi connectivity index (χ0) is 24.0. The number of aromatic nitrogens is 2. The van der Waals surface area contributed by atoms with Gasteiger partial charge >= 0.3 is 0 Å². The van der Waals surface area contributed by atoms with Gasteiger partial charge in [0.15, 0.2) is 11.5 Å². The SMILES string of the molecule is COc1cccc(N2CCN(c3cc(SCC(=O)Nc4ccc5c(c4)OCCO5)ncn3)CC2)c1. The van der Waals surface area contributed by atoms with E-state index < -0.39 is 0 Å². The fraction of sp³-hybridized carbons (Fsp3) is 0.320. The number of thioether (sulfide) groups is 1. The van der Waals surface area contributed by atoms with Crippen molar-refractivity contribution < 1.29 is 19.0 Å². The van der Waals surface area contributed by atoms with Gasteiger partial charge in [0.25, 0.3) is 0 Å². The highest BCUT2D eigenvalue weighted by atomic mass is 32.2. The van der Waals surface area contributed by atoms with Gasteiger partial charge in [0.2, 0.25) is 5.91 Å². The van der Waals surface area contributed by atoms with Crippen LogP contribution in [0.4, 0.5) is 17.2 Å². The monoisotopic (exact) mass is 493 g/mol. The summed E-state index contributed by atoms with van der Waals surface area (Å²) in [6.07, 6.45) is 1.56. The summed E-state index contributed by atoms with van der Waals surface area (Å²) in [5.74, 6) is 3.21. The number of hydrogen-bond donors (Lipinski definition) is 1. The lowest BCUT2D eigenvalue weighted by Crippen LogP contribution is -2.46. The van der Waals surface area contributed by atoms with Crippen molar-refractivity contribution in [3.63, 3.8) is 0 Å². The van der Waals surface area contributed by atoms with Crippen molar-refractivity contribution in [2.45, 2.75) is 5.03 Å². The summed E-state index contributed by atoms with van der Waals surface area (Å²) in [6.45, 7) is 4.52. The van der Waals surface area contributed by atoms with E-state index >= 15 is 0 Å². The van der Waals surface area contributed by atoms with E-state index in [-0.39, 0.29) is 11.7 Å². The highest BCUT2D eigenvalue weighted by Gasteiger charge is 2.19. The second-order valence-corrected chi connectivity index (χ2v) is 9.08. The maximum absolute atomic E-state index is 12.5. The predicted molar refractivity (Wildman–Crippen MR) is 136 cm³/mol. The van der Waals surface area contributed by atoms with Gasteiger partial charge < -0.3 is 29.3 Å². The fourth-order valence-corrected chi connectivity index (χ4v) is 4.70. The molecule has 1 aromatic heterocycles. The zero-order valence-corrected chi connectivity index (χ0v) is 20.3. The number of rotatable bonds is 7. The minimum atomic E-state index is -0.112. The fourth-order valence-electron chi connectivity index (χ4n) is 4.04. The maximum Gasteiger partial charge on any atom is 0.234 e. The van der Waals surface area contributed by atoms with Crippen LogP contribution in [-0.2, 0) is 4.79 Å². The minimum absolute atomic E-state index is 0.112. The molecule has 3 aromatic rings. The van der Waals surface area contributed by atoms with Crippen molar-refractivity contribution >= 4 is 34.9 Å². The van der Waals surface area contributed by atoms with Crippen molar-refractivity contribution in [2.75, 3.05) is 67.4 Å². The number of amides is 1. The number of carbonyl (C=O) groups excluding carboxylic acids is 1. The Kier molecular flexibility index (Phi) is 7.08. The van der Waals surface area contributed by atoms with Gasteiger partial charge in [-0.05, 0) is 24.3 Å². The lowest BCUT2D eigenvalue weighted by Gasteiger charge is -2.36. The third kappa shape index (κ3) is 5.71. The summed E-state index contributed by atoms with van der Waals surface area (Å²) in [5, 5.41) is 3.67. The molecule has 2 aromatic carbocycles. The van der Waals surface area contributed by atoms with Crippen LogP contribution < -0.4 is 29.3 Å². The molecule has 2 aliphatic rings. The first kappa shape index (κ1) is 23.1. The lowest BCUT2D eigenvalue weighted by atomic mass is 10.2. The van der Waals surface area contributed by atoms with Crippen LogP contribution in [0.3, 0.4) is 0 Å². The second-order valence-electron chi connectivity index (χ2n) is 8.09. The van der Waals surface area contributed by atoms with Crippen LogP contribution in [-0.4, -0.2) is 68.1 Å². The van der Waals surface area contributed by atoms with Crippen LogP contribution in [0.15, 0.2) is 59.9 Å². The molecule has 9 nitrogen and oxygen atoms in total. The summed E-state index contributed by atoms with van der Waals surface area (Å²) in [7, 11) is 1.68. The number of benzene rings is 2. The van der Waals surface area contributed by atoms with Gasteiger partial charge in [-0.3, -0.25) is 4.79 Å². The number of hydrogen-bond acceptors (Lipinski definition) is 9. The molecule has 0 spiro atoms. The van der Waals surface area contributed by atoms with Gasteiger partial charge in [0, 0.05) is 55.8 Å². The summed E-state index contributed by atoms with van der Waals surface area (Å²) in [4.78, 5) is 25.9. The van der Waals surface area contributed by atoms with E-state index in [0.29, 0.717) is 30.4 Å². The average molecular weight is 494 g/mol. The molecule has 0 atom stereocenters. The number of ether oxygens (including phenoxy) is 3. The number of methoxy groups -OCH3 is 1. The molecule has 0 unspecified atom stereocenters. The molecule has 1 amide bonds. The van der Waals surface area contributed by atoms with Crippen LogP contribution in [0.5, 0.6) is 17.2 Å². The van der Waals surface area contributed by atoms with Crippen molar-refractivity contribution in [3.05, 3.63) is 54.9 Å². The van der Waals surface area contributed by atoms with Crippen LogP contribution in [0, 0.1) is 0 Å². The van der Waals surface area contributed by atoms with E-state index in [2.05, 4.69) is 37.2 Å². The summed E-state index contributed by atoms with van der Waals surface area (Å²) < 4.78 is 16.4. The van der Waals surface area contributed by atoms with Gasteiger partial charge in [-0.1, -0.05) is 17.8 Å². The smallest absolute Gasteiger partial charge is 0.234 e. The molecule has 10 heteroatoms. The van der Waals surface area contributed by atoms with Crippen molar-refractivity contribution in [3.8, 4) is 17.2 Å². The Morgan fingerprint density at radius 3 is 2.63 bits per heavy atom. The summed E-state index contributed by atoms with van der Waals surface area (Å²) in [5.41, 5.74) is 1.84. The first-order valence-corrected chi connectivity index (χ1v) is 12.4. The third-order valence-corrected chi connectivity index (χ3v) is 6.75. The van der Waals surface area contributed by atoms with E-state index in [1.54, 1.807) is 19.5 Å². The van der Waals surface area contributed by atoms with Crippen molar-refractivity contribution in [1.29, 1.82) is 0 Å². The standard InChI is InChI=1S/C25H27N5O4S/c1-32-20-4-2-3-19(14-20)29-7-9-30(10-8-29)23-15-25(27-17-26-23)35-16-24(31)28-18-5-6-21-22(13-18)34-12-11-33-21/h2-6,13-15,17H,7-12,16H2,1H3,(H,28,31). The molecule has 5 rings (SSSR count). The molecule has 2 aliphatic heterocycles. The zero-order valence-electron chi connectivity index (χ0n) is 19.5. The maximum atomic E-state index is 12.5. The Balaban J connectivity index is 1.13. The number of carbonyl (C=O) groups is 1. The van der Waals surface area contributed by atoms with Crippen LogP contribution in [0.25, 0.3) is 0 Å². The number of anilines is 3. The minimum Gasteiger partial charge on any atom is -0.497 e. The molecule has 35 heavy (non-hydrogen) atoms. The van der Waals surface area contributed by atoms with Crippen molar-refractivity contribution in [1.82, 2.24) is 9.97 Å². The Morgan fingerprint density at radius 1 is 1.00 bits per heavy atom. The van der Waals surface area contributed by atoms with Crippen LogP contribution in [0.1, 0.15) is 0 Å². The number of fused-ring (bicyclic) bond motifs is 1. The van der Waals surface area contributed by atoms with Gasteiger partial charge in [-0.2, -0.15) is 0 Å². The molecule has 1 fully saturated rings. The molecule has 0 bridgehead atoms. The van der Waals surface area contributed by atoms with Gasteiger partial charge in [0.1, 0.15) is 36.1 Å². The normalized spacial score (nSPS) is 15.0. The lowest BCUT2D eigenvalue weighted by molar-refractivity contribution is -0.113. The Labute approximate surface area is 208 Å². The number of nitrogens with zero attached hydrogens (tertiary/aromatic N) is 4. The molecule has 182 valence electrons. The topological polar surface area (TPSA) is 89.1 Å². The van der Waals surface area contributed by atoms with Gasteiger partial charge in [0.05, 0.1) is 12.9 Å². The highest BCUT2D eigenvalue weighted by molar-refractivity contribution is 7.99. The largest absolute Gasteiger partial charge is 0.497 e. The Hall–Kier alpha value is -3.66. The van der Waals surface area contributed by atoms with E-state index in [1.165, 1.54) is 11.8 Å². The first-order valence-electron chi connectivity index (χ1n) is 11.5. The molecule has 1 N–H and O–H groups in total. The van der Waals surface area contributed by atoms with E-state index in [0.717, 1.165) is 48.5 Å². The number of nitrogens with one attached hydrogen (secondary N) is 1. The molecular formula is C25H27N5O4S.